The number of nitrogens with zero attached hydrogens (tertiary/aromatic N) is 3. The molecule has 0 bridgehead atoms. The van der Waals surface area contributed by atoms with E-state index >= 15 is 0 Å². The van der Waals surface area contributed by atoms with E-state index in [2.05, 4.69) is 34.0 Å². The second-order valence-corrected chi connectivity index (χ2v) is 5.74. The molecule has 23 heavy (non-hydrogen) atoms. The van der Waals surface area contributed by atoms with Gasteiger partial charge >= 0.3 is 0 Å². The van der Waals surface area contributed by atoms with Gasteiger partial charge in [0.1, 0.15) is 11.5 Å². The molecular formula is C17H20N4O2. The predicted molar refractivity (Wildman–Crippen MR) is 88.6 cm³/mol. The quantitative estimate of drug-likeness (QED) is 0.942. The van der Waals surface area contributed by atoms with Crippen LogP contribution < -0.4 is 10.2 Å². The lowest BCUT2D eigenvalue weighted by molar-refractivity contribution is -0.00545. The van der Waals surface area contributed by atoms with Crippen LogP contribution in [-0.4, -0.2) is 41.2 Å². The molecule has 0 saturated carbocycles. The maximum absolute atomic E-state index is 12.1. The van der Waals surface area contributed by atoms with E-state index < -0.39 is 0 Å². The smallest absolute Gasteiger partial charge is 0.274 e. The number of morpholine rings is 1. The van der Waals surface area contributed by atoms with Crippen LogP contribution >= 0.6 is 0 Å². The molecule has 1 saturated heterocycles. The van der Waals surface area contributed by atoms with Crippen molar-refractivity contribution in [1.82, 2.24) is 9.97 Å². The Bertz CT molecular complexity index is 650. The number of nitrogens with one attached hydrogen (secondary N) is 1. The molecule has 3 heterocycles. The molecule has 6 heteroatoms. The van der Waals surface area contributed by atoms with Crippen LogP contribution in [0.15, 0.2) is 42.7 Å². The van der Waals surface area contributed by atoms with Crippen LogP contribution in [0.25, 0.3) is 0 Å². The topological polar surface area (TPSA) is 67.4 Å². The zero-order valence-electron chi connectivity index (χ0n) is 13.3. The van der Waals surface area contributed by atoms with Crippen molar-refractivity contribution < 1.29 is 9.53 Å². The highest BCUT2D eigenvalue weighted by Gasteiger charge is 2.23. The molecule has 0 aromatic carbocycles. The first-order valence-corrected chi connectivity index (χ1v) is 7.70. The number of aromatic nitrogens is 2. The maximum atomic E-state index is 12.1. The summed E-state index contributed by atoms with van der Waals surface area (Å²) in [7, 11) is 0. The van der Waals surface area contributed by atoms with E-state index in [1.54, 1.807) is 30.6 Å². The van der Waals surface area contributed by atoms with E-state index in [0.717, 1.165) is 18.9 Å². The van der Waals surface area contributed by atoms with Crippen molar-refractivity contribution in [1.29, 1.82) is 0 Å². The Hall–Kier alpha value is -2.47. The third-order valence-electron chi connectivity index (χ3n) is 3.65. The normalized spacial score (nSPS) is 21.0. The van der Waals surface area contributed by atoms with Gasteiger partial charge in [-0.2, -0.15) is 0 Å². The van der Waals surface area contributed by atoms with Gasteiger partial charge < -0.3 is 15.0 Å². The van der Waals surface area contributed by atoms with Gasteiger partial charge in [-0.3, -0.25) is 9.78 Å². The van der Waals surface area contributed by atoms with Gasteiger partial charge in [0.2, 0.25) is 0 Å². The first-order chi connectivity index (χ1) is 11.1. The molecule has 1 fully saturated rings. The number of amides is 1. The summed E-state index contributed by atoms with van der Waals surface area (Å²) in [6.45, 7) is 5.75. The molecule has 0 unspecified atom stereocenters. The van der Waals surface area contributed by atoms with Crippen LogP contribution in [0.2, 0.25) is 0 Å². The van der Waals surface area contributed by atoms with Crippen LogP contribution in [0, 0.1) is 0 Å². The average molecular weight is 312 g/mol. The summed E-state index contributed by atoms with van der Waals surface area (Å²) < 4.78 is 5.73. The fraction of sp³-hybridized carbons (Fsp3) is 0.353. The molecule has 3 rings (SSSR count). The highest BCUT2D eigenvalue weighted by molar-refractivity contribution is 6.02. The molecule has 0 spiro atoms. The van der Waals surface area contributed by atoms with E-state index in [9.17, 15) is 4.79 Å². The summed E-state index contributed by atoms with van der Waals surface area (Å²) in [4.78, 5) is 22.7. The molecule has 1 amide bonds. The lowest BCUT2D eigenvalue weighted by Gasteiger charge is -2.36. The third kappa shape index (κ3) is 3.84. The van der Waals surface area contributed by atoms with Crippen molar-refractivity contribution in [2.45, 2.75) is 26.1 Å². The van der Waals surface area contributed by atoms with E-state index in [4.69, 9.17) is 4.74 Å². The second kappa shape index (κ2) is 6.75. The molecule has 2 atom stereocenters. The summed E-state index contributed by atoms with van der Waals surface area (Å²) in [5.41, 5.74) is 1.03. The fourth-order valence-corrected chi connectivity index (χ4v) is 2.70. The van der Waals surface area contributed by atoms with Gasteiger partial charge in [-0.05, 0) is 38.1 Å². The molecule has 2 aromatic heterocycles. The van der Waals surface area contributed by atoms with Crippen molar-refractivity contribution in [3.05, 3.63) is 48.4 Å². The second-order valence-electron chi connectivity index (χ2n) is 5.74. The lowest BCUT2D eigenvalue weighted by Crippen LogP contribution is -2.45. The molecular weight excluding hydrogens is 292 g/mol. The van der Waals surface area contributed by atoms with Crippen LogP contribution in [0.5, 0.6) is 0 Å². The highest BCUT2D eigenvalue weighted by atomic mass is 16.5. The predicted octanol–water partition coefficient (Wildman–Crippen LogP) is 2.34. The summed E-state index contributed by atoms with van der Waals surface area (Å²) >= 11 is 0. The Labute approximate surface area is 135 Å². The van der Waals surface area contributed by atoms with E-state index in [1.165, 1.54) is 0 Å². The first-order valence-electron chi connectivity index (χ1n) is 7.70. The van der Waals surface area contributed by atoms with Crippen molar-refractivity contribution in [2.24, 2.45) is 0 Å². The average Bonchev–Trinajstić information content (AvgIpc) is 2.55. The molecule has 1 aliphatic heterocycles. The SMILES string of the molecule is C[C@@H]1CN(c2ccc(NC(=O)c3ccccn3)cn2)C[C@H](C)O1. The lowest BCUT2D eigenvalue weighted by atomic mass is 10.2. The number of anilines is 2. The van der Waals surface area contributed by atoms with Crippen LogP contribution in [0.4, 0.5) is 11.5 Å². The zero-order valence-corrected chi connectivity index (χ0v) is 13.3. The highest BCUT2D eigenvalue weighted by Crippen LogP contribution is 2.19. The summed E-state index contributed by atoms with van der Waals surface area (Å²) in [5, 5.41) is 2.80. The minimum Gasteiger partial charge on any atom is -0.372 e. The molecule has 1 aliphatic rings. The Kier molecular flexibility index (Phi) is 4.52. The summed E-state index contributed by atoms with van der Waals surface area (Å²) in [6, 6.07) is 9.00. The van der Waals surface area contributed by atoms with Gasteiger partial charge in [-0.15, -0.1) is 0 Å². The van der Waals surface area contributed by atoms with Gasteiger partial charge in [0.05, 0.1) is 24.1 Å². The molecule has 6 nitrogen and oxygen atoms in total. The van der Waals surface area contributed by atoms with E-state index in [1.807, 2.05) is 12.1 Å². The minimum atomic E-state index is -0.242. The van der Waals surface area contributed by atoms with Gasteiger partial charge in [0.15, 0.2) is 0 Å². The van der Waals surface area contributed by atoms with Gasteiger partial charge in [-0.25, -0.2) is 4.98 Å². The third-order valence-corrected chi connectivity index (χ3v) is 3.65. The fourth-order valence-electron chi connectivity index (χ4n) is 2.70. The number of carbonyl (C=O) groups is 1. The van der Waals surface area contributed by atoms with Crippen molar-refractivity contribution in [3.8, 4) is 0 Å². The number of ether oxygens (including phenoxy) is 1. The van der Waals surface area contributed by atoms with Gasteiger partial charge in [0, 0.05) is 19.3 Å². The Balaban J connectivity index is 1.66. The van der Waals surface area contributed by atoms with Crippen molar-refractivity contribution >= 4 is 17.4 Å². The monoisotopic (exact) mass is 312 g/mol. The molecule has 2 aromatic rings. The molecule has 0 aliphatic carbocycles. The molecule has 1 N–H and O–H groups in total. The number of carbonyl (C=O) groups excluding carboxylic acids is 1. The number of pyridine rings is 2. The number of rotatable bonds is 3. The molecule has 0 radical (unpaired) electrons. The van der Waals surface area contributed by atoms with Crippen molar-refractivity contribution in [3.63, 3.8) is 0 Å². The summed E-state index contributed by atoms with van der Waals surface area (Å²) in [6.07, 6.45) is 3.63. The minimum absolute atomic E-state index is 0.184. The molecule has 120 valence electrons. The number of hydrogen-bond acceptors (Lipinski definition) is 5. The largest absolute Gasteiger partial charge is 0.372 e. The first kappa shape index (κ1) is 15.4. The Morgan fingerprint density at radius 3 is 2.57 bits per heavy atom. The number of hydrogen-bond donors (Lipinski definition) is 1. The van der Waals surface area contributed by atoms with E-state index in [0.29, 0.717) is 11.4 Å². The standard InChI is InChI=1S/C17H20N4O2/c1-12-10-21(11-13(2)23-12)16-7-6-14(9-19-16)20-17(22)15-5-3-4-8-18-15/h3-9,12-13H,10-11H2,1-2H3,(H,20,22)/t12-,13+. The van der Waals surface area contributed by atoms with Crippen molar-refractivity contribution in [2.75, 3.05) is 23.3 Å². The van der Waals surface area contributed by atoms with E-state index in [-0.39, 0.29) is 18.1 Å². The van der Waals surface area contributed by atoms with Crippen LogP contribution in [-0.2, 0) is 4.74 Å². The maximum Gasteiger partial charge on any atom is 0.274 e. The Morgan fingerprint density at radius 2 is 1.96 bits per heavy atom. The van der Waals surface area contributed by atoms with Gasteiger partial charge in [-0.1, -0.05) is 6.07 Å². The Morgan fingerprint density at radius 1 is 1.17 bits per heavy atom. The van der Waals surface area contributed by atoms with Gasteiger partial charge in [0.25, 0.3) is 5.91 Å². The summed E-state index contributed by atoms with van der Waals surface area (Å²) in [5.74, 6) is 0.650. The zero-order chi connectivity index (χ0) is 16.2. The van der Waals surface area contributed by atoms with Crippen LogP contribution in [0.1, 0.15) is 24.3 Å². The van der Waals surface area contributed by atoms with Crippen LogP contribution in [0.3, 0.4) is 0 Å².